The van der Waals surface area contributed by atoms with Gasteiger partial charge in [0.25, 0.3) is 0 Å². The zero-order chi connectivity index (χ0) is 35.6. The van der Waals surface area contributed by atoms with E-state index in [1.54, 1.807) is 11.3 Å². The van der Waals surface area contributed by atoms with Crippen LogP contribution in [0.4, 0.5) is 17.1 Å². The number of aromatic nitrogens is 1. The van der Waals surface area contributed by atoms with E-state index in [0.29, 0.717) is 0 Å². The number of nitrogens with zero attached hydrogens (tertiary/aromatic N) is 2. The standard InChI is InChI=1S/C49H30N2OS2/c1-3-12-31(13-4-1)36-16-7-9-20-41(36)51(34-24-22-32(23-25-34)37-18-11-19-39-38-17-8-10-21-42(38)52-48(37)39)35-26-27-40-45(30-35)53-43-28-29-44-47(46(40)43)50-49(54-44)33-14-5-2-6-15-33/h1-30H. The molecule has 0 aliphatic carbocycles. The maximum absolute atomic E-state index is 6.42. The van der Waals surface area contributed by atoms with Gasteiger partial charge < -0.3 is 9.32 Å². The Morgan fingerprint density at radius 3 is 1.96 bits per heavy atom. The van der Waals surface area contributed by atoms with E-state index in [1.165, 1.54) is 36.0 Å². The SMILES string of the molecule is c1ccc(-c2nc3c(ccc4sc5cc(N(c6ccc(-c7cccc8c7oc7ccccc78)cc6)c6ccccc6-c6ccccc6)ccc5c43)s2)cc1. The van der Waals surface area contributed by atoms with Crippen LogP contribution in [-0.4, -0.2) is 4.98 Å². The summed E-state index contributed by atoms with van der Waals surface area (Å²) in [6.07, 6.45) is 0. The van der Waals surface area contributed by atoms with E-state index in [4.69, 9.17) is 9.40 Å². The average Bonchev–Trinajstić information content (AvgIpc) is 3.95. The van der Waals surface area contributed by atoms with E-state index in [0.717, 1.165) is 66.2 Å². The van der Waals surface area contributed by atoms with Gasteiger partial charge in [0.15, 0.2) is 0 Å². The molecule has 3 aromatic heterocycles. The molecule has 5 heteroatoms. The summed E-state index contributed by atoms with van der Waals surface area (Å²) in [5, 5.41) is 5.79. The molecule has 0 unspecified atom stereocenters. The first kappa shape index (κ1) is 31.0. The predicted molar refractivity (Wildman–Crippen MR) is 231 cm³/mol. The second-order valence-corrected chi connectivity index (χ2v) is 15.6. The lowest BCUT2D eigenvalue weighted by molar-refractivity contribution is 0.670. The van der Waals surface area contributed by atoms with Gasteiger partial charge in [-0.05, 0) is 59.7 Å². The molecule has 11 aromatic rings. The van der Waals surface area contributed by atoms with Gasteiger partial charge in [0.1, 0.15) is 16.2 Å². The molecule has 0 aliphatic rings. The van der Waals surface area contributed by atoms with Gasteiger partial charge in [0.05, 0.1) is 15.9 Å². The van der Waals surface area contributed by atoms with E-state index < -0.39 is 0 Å². The summed E-state index contributed by atoms with van der Waals surface area (Å²) in [4.78, 5) is 7.60. The summed E-state index contributed by atoms with van der Waals surface area (Å²) in [6, 6.07) is 64.8. The van der Waals surface area contributed by atoms with Crippen molar-refractivity contribution in [3.05, 3.63) is 182 Å². The second-order valence-electron chi connectivity index (χ2n) is 13.5. The topological polar surface area (TPSA) is 29.3 Å². The Morgan fingerprint density at radius 1 is 0.444 bits per heavy atom. The van der Waals surface area contributed by atoms with Crippen LogP contribution in [0.5, 0.6) is 0 Å². The molecule has 0 fully saturated rings. The quantitative estimate of drug-likeness (QED) is 0.171. The first-order valence-corrected chi connectivity index (χ1v) is 19.7. The van der Waals surface area contributed by atoms with Gasteiger partial charge in [-0.25, -0.2) is 4.98 Å². The number of rotatable bonds is 6. The Balaban J connectivity index is 1.07. The van der Waals surface area contributed by atoms with Gasteiger partial charge in [-0.2, -0.15) is 0 Å². The number of thiophene rings is 1. The Kier molecular flexibility index (Phi) is 7.22. The fourth-order valence-corrected chi connectivity index (χ4v) is 9.93. The van der Waals surface area contributed by atoms with Gasteiger partial charge in [-0.15, -0.1) is 22.7 Å². The third kappa shape index (κ3) is 5.05. The first-order chi connectivity index (χ1) is 26.8. The maximum Gasteiger partial charge on any atom is 0.143 e. The van der Waals surface area contributed by atoms with E-state index in [2.05, 4.69) is 175 Å². The summed E-state index contributed by atoms with van der Waals surface area (Å²) in [7, 11) is 0. The molecule has 3 heterocycles. The van der Waals surface area contributed by atoms with E-state index in [-0.39, 0.29) is 0 Å². The van der Waals surface area contributed by atoms with E-state index in [1.807, 2.05) is 23.5 Å². The fourth-order valence-electron chi connectivity index (χ4n) is 7.81. The highest BCUT2D eigenvalue weighted by atomic mass is 32.1. The molecular formula is C49H30N2OS2. The number of hydrogen-bond acceptors (Lipinski definition) is 5. The van der Waals surface area contributed by atoms with Crippen LogP contribution in [0.3, 0.4) is 0 Å². The smallest absolute Gasteiger partial charge is 0.143 e. The summed E-state index contributed by atoms with van der Waals surface area (Å²) in [5.41, 5.74) is 11.9. The van der Waals surface area contributed by atoms with Crippen molar-refractivity contribution in [1.82, 2.24) is 4.98 Å². The van der Waals surface area contributed by atoms with Crippen molar-refractivity contribution in [1.29, 1.82) is 0 Å². The van der Waals surface area contributed by atoms with Gasteiger partial charge in [0, 0.05) is 59.0 Å². The number of hydrogen-bond donors (Lipinski definition) is 0. The summed E-state index contributed by atoms with van der Waals surface area (Å²) >= 11 is 3.59. The van der Waals surface area contributed by atoms with Crippen LogP contribution < -0.4 is 4.90 Å². The molecule has 0 radical (unpaired) electrons. The van der Waals surface area contributed by atoms with Crippen molar-refractivity contribution in [3.8, 4) is 32.8 Å². The highest BCUT2D eigenvalue weighted by Crippen LogP contribution is 2.46. The molecule has 254 valence electrons. The first-order valence-electron chi connectivity index (χ1n) is 18.0. The molecule has 8 aromatic carbocycles. The minimum Gasteiger partial charge on any atom is -0.455 e. The van der Waals surface area contributed by atoms with Crippen LogP contribution in [0.15, 0.2) is 186 Å². The van der Waals surface area contributed by atoms with Crippen LogP contribution >= 0.6 is 22.7 Å². The van der Waals surface area contributed by atoms with Crippen LogP contribution in [0, 0.1) is 0 Å². The lowest BCUT2D eigenvalue weighted by Gasteiger charge is -2.28. The lowest BCUT2D eigenvalue weighted by atomic mass is 10.00. The molecule has 54 heavy (non-hydrogen) atoms. The second kappa shape index (κ2) is 12.6. The van der Waals surface area contributed by atoms with Crippen molar-refractivity contribution in [3.63, 3.8) is 0 Å². The van der Waals surface area contributed by atoms with Crippen LogP contribution in [-0.2, 0) is 0 Å². The van der Waals surface area contributed by atoms with Crippen LogP contribution in [0.1, 0.15) is 0 Å². The highest BCUT2D eigenvalue weighted by Gasteiger charge is 2.20. The Hall–Kier alpha value is -6.53. The van der Waals surface area contributed by atoms with Gasteiger partial charge in [0.2, 0.25) is 0 Å². The van der Waals surface area contributed by atoms with Gasteiger partial charge in [-0.1, -0.05) is 133 Å². The lowest BCUT2D eigenvalue weighted by Crippen LogP contribution is -2.11. The number of benzene rings is 8. The average molecular weight is 727 g/mol. The van der Waals surface area contributed by atoms with Crippen LogP contribution in [0.25, 0.3) is 85.2 Å². The number of thiazole rings is 1. The predicted octanol–water partition coefficient (Wildman–Crippen LogP) is 15.0. The van der Waals surface area contributed by atoms with Crippen molar-refractivity contribution >= 4 is 92.1 Å². The molecule has 0 aliphatic heterocycles. The molecule has 0 amide bonds. The fraction of sp³-hybridized carbons (Fsp3) is 0. The Morgan fingerprint density at radius 2 is 1.11 bits per heavy atom. The maximum atomic E-state index is 6.42. The van der Waals surface area contributed by atoms with Crippen molar-refractivity contribution in [2.75, 3.05) is 4.90 Å². The van der Waals surface area contributed by atoms with Crippen LogP contribution in [0.2, 0.25) is 0 Å². The molecule has 0 spiro atoms. The van der Waals surface area contributed by atoms with Crippen molar-refractivity contribution < 1.29 is 4.42 Å². The summed E-state index contributed by atoms with van der Waals surface area (Å²) < 4.78 is 10.1. The number of anilines is 3. The van der Waals surface area contributed by atoms with Gasteiger partial charge >= 0.3 is 0 Å². The van der Waals surface area contributed by atoms with Crippen molar-refractivity contribution in [2.45, 2.75) is 0 Å². The summed E-state index contributed by atoms with van der Waals surface area (Å²) in [6.45, 7) is 0. The minimum atomic E-state index is 0.907. The Labute approximate surface area is 319 Å². The number of furan rings is 1. The van der Waals surface area contributed by atoms with E-state index in [9.17, 15) is 0 Å². The van der Waals surface area contributed by atoms with E-state index >= 15 is 0 Å². The molecule has 11 rings (SSSR count). The normalized spacial score (nSPS) is 11.7. The molecule has 0 atom stereocenters. The van der Waals surface area contributed by atoms with Crippen molar-refractivity contribution in [2.24, 2.45) is 0 Å². The molecule has 0 saturated heterocycles. The zero-order valence-electron chi connectivity index (χ0n) is 28.9. The molecular weight excluding hydrogens is 697 g/mol. The molecule has 0 saturated carbocycles. The zero-order valence-corrected chi connectivity index (χ0v) is 30.6. The number of para-hydroxylation sites is 3. The Bertz CT molecular complexity index is 3160. The number of fused-ring (bicyclic) bond motifs is 8. The third-order valence-electron chi connectivity index (χ3n) is 10.3. The monoisotopic (exact) mass is 726 g/mol. The third-order valence-corrected chi connectivity index (χ3v) is 12.5. The highest BCUT2D eigenvalue weighted by molar-refractivity contribution is 7.26. The minimum absolute atomic E-state index is 0.907. The largest absolute Gasteiger partial charge is 0.455 e. The van der Waals surface area contributed by atoms with Gasteiger partial charge in [-0.3, -0.25) is 0 Å². The molecule has 0 N–H and O–H groups in total. The molecule has 3 nitrogen and oxygen atoms in total. The molecule has 0 bridgehead atoms. The summed E-state index contributed by atoms with van der Waals surface area (Å²) in [5.74, 6) is 0.